The van der Waals surface area contributed by atoms with Gasteiger partial charge in [-0.2, -0.15) is 0 Å². The number of hydrogen-bond acceptors (Lipinski definition) is 2. The van der Waals surface area contributed by atoms with Crippen molar-refractivity contribution in [2.45, 2.75) is 43.5 Å². The third-order valence-corrected chi connectivity index (χ3v) is 4.53. The largest absolute Gasteiger partial charge is 0.349 e. The predicted octanol–water partition coefficient (Wildman–Crippen LogP) is 4.05. The number of halogens is 1. The van der Waals surface area contributed by atoms with Crippen LogP contribution in [0.4, 0.5) is 0 Å². The van der Waals surface area contributed by atoms with Gasteiger partial charge in [0.15, 0.2) is 0 Å². The molecule has 0 radical (unpaired) electrons. The Morgan fingerprint density at radius 3 is 2.72 bits per heavy atom. The lowest BCUT2D eigenvalue weighted by molar-refractivity contribution is 0.0924. The number of nitrogens with one attached hydrogen (secondary N) is 1. The first-order valence-electron chi connectivity index (χ1n) is 6.37. The molecule has 0 bridgehead atoms. The van der Waals surface area contributed by atoms with Crippen molar-refractivity contribution in [1.29, 1.82) is 0 Å². The molecule has 4 heteroatoms. The molecule has 1 aliphatic rings. The van der Waals surface area contributed by atoms with Gasteiger partial charge in [-0.1, -0.05) is 28.8 Å². The van der Waals surface area contributed by atoms with Gasteiger partial charge in [-0.05, 0) is 43.9 Å². The summed E-state index contributed by atoms with van der Waals surface area (Å²) < 4.78 is 0.938. The molecule has 1 aromatic rings. The Bertz CT molecular complexity index is 443. The van der Waals surface area contributed by atoms with Gasteiger partial charge < -0.3 is 5.32 Å². The maximum atomic E-state index is 12.2. The smallest absolute Gasteiger partial charge is 0.252 e. The number of thiol groups is 1. The minimum absolute atomic E-state index is 0.0214. The molecule has 0 aliphatic heterocycles. The van der Waals surface area contributed by atoms with Gasteiger partial charge in [0.05, 0.1) is 5.56 Å². The average molecular weight is 328 g/mol. The third-order valence-electron chi connectivity index (χ3n) is 3.67. The molecule has 1 fully saturated rings. The van der Waals surface area contributed by atoms with E-state index < -0.39 is 0 Å². The van der Waals surface area contributed by atoms with Crippen LogP contribution in [0.2, 0.25) is 0 Å². The molecule has 1 aromatic carbocycles. The van der Waals surface area contributed by atoms with Gasteiger partial charge in [0.2, 0.25) is 0 Å². The lowest BCUT2D eigenvalue weighted by Gasteiger charge is -2.20. The molecule has 1 unspecified atom stereocenters. The summed E-state index contributed by atoms with van der Waals surface area (Å²) >= 11 is 7.72. The second-order valence-corrected chi connectivity index (χ2v) is 6.37. The van der Waals surface area contributed by atoms with E-state index in [1.165, 1.54) is 25.7 Å². The molecule has 0 saturated heterocycles. The molecule has 18 heavy (non-hydrogen) atoms. The molecule has 98 valence electrons. The first-order valence-corrected chi connectivity index (χ1v) is 7.61. The highest BCUT2D eigenvalue weighted by molar-refractivity contribution is 9.10. The van der Waals surface area contributed by atoms with Gasteiger partial charge in [0.1, 0.15) is 0 Å². The zero-order valence-corrected chi connectivity index (χ0v) is 12.9. The topological polar surface area (TPSA) is 29.1 Å². The molecule has 0 heterocycles. The number of amides is 1. The lowest BCUT2D eigenvalue weighted by atomic mass is 9.99. The highest BCUT2D eigenvalue weighted by Crippen LogP contribution is 2.28. The van der Waals surface area contributed by atoms with Crippen molar-refractivity contribution in [2.75, 3.05) is 0 Å². The summed E-state index contributed by atoms with van der Waals surface area (Å²) in [6.07, 6.45) is 5.05. The fraction of sp³-hybridized carbons (Fsp3) is 0.500. The molecule has 1 saturated carbocycles. The molecule has 0 spiro atoms. The number of rotatable bonds is 3. The Labute approximate surface area is 122 Å². The quantitative estimate of drug-likeness (QED) is 0.806. The standard InChI is InChI=1S/C14H18BrNOS/c1-9(10-4-2-3-5-10)16-14(17)12-7-6-11(15)8-13(12)18/h6-10,18H,2-5H2,1H3,(H,16,17). The van der Waals surface area contributed by atoms with E-state index in [1.807, 2.05) is 18.2 Å². The molecular weight excluding hydrogens is 310 g/mol. The van der Waals surface area contributed by atoms with Crippen LogP contribution >= 0.6 is 28.6 Å². The van der Waals surface area contributed by atoms with Crippen LogP contribution in [-0.2, 0) is 0 Å². The second kappa shape index (κ2) is 6.11. The van der Waals surface area contributed by atoms with Crippen molar-refractivity contribution in [1.82, 2.24) is 5.32 Å². The summed E-state index contributed by atoms with van der Waals surface area (Å²) in [5.74, 6) is 0.611. The van der Waals surface area contributed by atoms with Crippen LogP contribution < -0.4 is 5.32 Å². The van der Waals surface area contributed by atoms with Crippen LogP contribution in [0, 0.1) is 5.92 Å². The van der Waals surface area contributed by atoms with Gasteiger partial charge in [-0.15, -0.1) is 12.6 Å². The van der Waals surface area contributed by atoms with Gasteiger partial charge in [-0.3, -0.25) is 4.79 Å². The summed E-state index contributed by atoms with van der Waals surface area (Å²) in [6.45, 7) is 2.10. The summed E-state index contributed by atoms with van der Waals surface area (Å²) in [7, 11) is 0. The Balaban J connectivity index is 2.02. The van der Waals surface area contributed by atoms with Crippen molar-refractivity contribution in [3.63, 3.8) is 0 Å². The van der Waals surface area contributed by atoms with E-state index in [-0.39, 0.29) is 11.9 Å². The van der Waals surface area contributed by atoms with Crippen molar-refractivity contribution >= 4 is 34.5 Å². The highest BCUT2D eigenvalue weighted by Gasteiger charge is 2.23. The Morgan fingerprint density at radius 2 is 2.11 bits per heavy atom. The number of carbonyl (C=O) groups is 1. The molecule has 1 amide bonds. The minimum atomic E-state index is -0.0214. The van der Waals surface area contributed by atoms with Crippen LogP contribution in [0.5, 0.6) is 0 Å². The van der Waals surface area contributed by atoms with Crippen molar-refractivity contribution < 1.29 is 4.79 Å². The third kappa shape index (κ3) is 3.29. The van der Waals surface area contributed by atoms with Crippen LogP contribution in [-0.4, -0.2) is 11.9 Å². The maximum Gasteiger partial charge on any atom is 0.252 e. The van der Waals surface area contributed by atoms with Crippen LogP contribution in [0.3, 0.4) is 0 Å². The van der Waals surface area contributed by atoms with Crippen LogP contribution in [0.15, 0.2) is 27.6 Å². The van der Waals surface area contributed by atoms with E-state index in [1.54, 1.807) is 0 Å². The monoisotopic (exact) mass is 327 g/mol. The fourth-order valence-corrected chi connectivity index (χ4v) is 3.41. The van der Waals surface area contributed by atoms with E-state index in [2.05, 4.69) is 40.8 Å². The summed E-state index contributed by atoms with van der Waals surface area (Å²) in [5, 5.41) is 3.10. The molecular formula is C14H18BrNOS. The van der Waals surface area contributed by atoms with E-state index in [9.17, 15) is 4.79 Å². The molecule has 2 nitrogen and oxygen atoms in total. The van der Waals surface area contributed by atoms with E-state index in [0.29, 0.717) is 16.4 Å². The second-order valence-electron chi connectivity index (χ2n) is 4.97. The summed E-state index contributed by atoms with van der Waals surface area (Å²) in [6, 6.07) is 5.77. The number of carbonyl (C=O) groups excluding carboxylic acids is 1. The zero-order chi connectivity index (χ0) is 13.1. The predicted molar refractivity (Wildman–Crippen MR) is 80.3 cm³/mol. The van der Waals surface area contributed by atoms with Crippen LogP contribution in [0.25, 0.3) is 0 Å². The van der Waals surface area contributed by atoms with Gasteiger partial charge in [0.25, 0.3) is 5.91 Å². The minimum Gasteiger partial charge on any atom is -0.349 e. The van der Waals surface area contributed by atoms with Crippen molar-refractivity contribution in [3.8, 4) is 0 Å². The molecule has 1 N–H and O–H groups in total. The highest BCUT2D eigenvalue weighted by atomic mass is 79.9. The van der Waals surface area contributed by atoms with E-state index in [4.69, 9.17) is 0 Å². The molecule has 0 aromatic heterocycles. The molecule has 1 aliphatic carbocycles. The lowest BCUT2D eigenvalue weighted by Crippen LogP contribution is -2.37. The molecule has 2 rings (SSSR count). The van der Waals surface area contributed by atoms with Gasteiger partial charge >= 0.3 is 0 Å². The average Bonchev–Trinajstić information content (AvgIpc) is 2.81. The first-order chi connectivity index (χ1) is 8.58. The number of hydrogen-bond donors (Lipinski definition) is 2. The van der Waals surface area contributed by atoms with Gasteiger partial charge in [-0.25, -0.2) is 0 Å². The van der Waals surface area contributed by atoms with E-state index in [0.717, 1.165) is 4.47 Å². The van der Waals surface area contributed by atoms with Crippen molar-refractivity contribution in [3.05, 3.63) is 28.2 Å². The zero-order valence-electron chi connectivity index (χ0n) is 10.4. The Hall–Kier alpha value is -0.480. The first kappa shape index (κ1) is 13.9. The Morgan fingerprint density at radius 1 is 1.44 bits per heavy atom. The van der Waals surface area contributed by atoms with Crippen LogP contribution in [0.1, 0.15) is 43.0 Å². The summed E-state index contributed by atoms with van der Waals surface area (Å²) in [4.78, 5) is 12.9. The van der Waals surface area contributed by atoms with Gasteiger partial charge in [0, 0.05) is 15.4 Å². The maximum absolute atomic E-state index is 12.2. The molecule has 1 atom stereocenters. The summed E-state index contributed by atoms with van der Waals surface area (Å²) in [5.41, 5.74) is 0.645. The fourth-order valence-electron chi connectivity index (χ4n) is 2.56. The number of benzene rings is 1. The van der Waals surface area contributed by atoms with E-state index >= 15 is 0 Å². The Kier molecular flexibility index (Phi) is 4.73. The normalized spacial score (nSPS) is 17.7. The van der Waals surface area contributed by atoms with Crippen molar-refractivity contribution in [2.24, 2.45) is 5.92 Å². The SMILES string of the molecule is CC(NC(=O)c1ccc(Br)cc1S)C1CCCC1.